The van der Waals surface area contributed by atoms with E-state index in [9.17, 15) is 22.8 Å². The number of anilines is 1. The van der Waals surface area contributed by atoms with Gasteiger partial charge < -0.3 is 14.2 Å². The zero-order valence-electron chi connectivity index (χ0n) is 21.5. The standard InChI is InChI=1S/C28H26N2O7S2/c1-18-7-8-19(2)25(15-18)36-14-13-30-27(32)26(38-28(30)33)17-21-5-4-6-23(16-21)37-39(34,35)24-11-9-22(10-12-24)29-20(3)31/h4-12,15-17H,13-14H2,1-3H3,(H,29,31)/b26-17-. The fourth-order valence-corrected chi connectivity index (χ4v) is 5.48. The highest BCUT2D eigenvalue weighted by molar-refractivity contribution is 8.18. The number of nitrogens with one attached hydrogen (secondary N) is 1. The van der Waals surface area contributed by atoms with Gasteiger partial charge in [0.05, 0.1) is 11.4 Å². The molecule has 9 nitrogen and oxygen atoms in total. The first-order valence-electron chi connectivity index (χ1n) is 11.9. The molecule has 39 heavy (non-hydrogen) atoms. The molecule has 0 unspecified atom stereocenters. The van der Waals surface area contributed by atoms with Crippen molar-refractivity contribution in [1.82, 2.24) is 4.90 Å². The molecule has 0 aliphatic carbocycles. The van der Waals surface area contributed by atoms with Gasteiger partial charge in [0.2, 0.25) is 5.91 Å². The van der Waals surface area contributed by atoms with Crippen molar-refractivity contribution in [2.24, 2.45) is 0 Å². The van der Waals surface area contributed by atoms with Crippen LogP contribution in [0.1, 0.15) is 23.6 Å². The summed E-state index contributed by atoms with van der Waals surface area (Å²) in [4.78, 5) is 37.8. The third-order valence-corrected chi connectivity index (χ3v) is 7.78. The summed E-state index contributed by atoms with van der Waals surface area (Å²) < 4.78 is 36.5. The lowest BCUT2D eigenvalue weighted by atomic mass is 10.1. The molecule has 0 atom stereocenters. The van der Waals surface area contributed by atoms with Gasteiger partial charge in [0.15, 0.2) is 0 Å². The maximum absolute atomic E-state index is 12.9. The van der Waals surface area contributed by atoms with Crippen molar-refractivity contribution in [3.8, 4) is 11.5 Å². The third-order valence-electron chi connectivity index (χ3n) is 5.61. The van der Waals surface area contributed by atoms with Crippen molar-refractivity contribution in [2.75, 3.05) is 18.5 Å². The second kappa shape index (κ2) is 11.7. The number of amides is 3. The average molecular weight is 567 g/mol. The number of carbonyl (C=O) groups excluding carboxylic acids is 3. The summed E-state index contributed by atoms with van der Waals surface area (Å²) in [5.74, 6) is 0.0127. The Bertz CT molecular complexity index is 1560. The van der Waals surface area contributed by atoms with Gasteiger partial charge >= 0.3 is 10.1 Å². The molecule has 4 rings (SSSR count). The van der Waals surface area contributed by atoms with Crippen LogP contribution < -0.4 is 14.2 Å². The lowest BCUT2D eigenvalue weighted by molar-refractivity contribution is -0.123. The molecular formula is C28H26N2O7S2. The number of nitrogens with zero attached hydrogens (tertiary/aromatic N) is 1. The van der Waals surface area contributed by atoms with E-state index in [-0.39, 0.29) is 34.6 Å². The predicted molar refractivity (Wildman–Crippen MR) is 149 cm³/mol. The van der Waals surface area contributed by atoms with Crippen molar-refractivity contribution in [3.05, 3.63) is 88.3 Å². The Balaban J connectivity index is 1.42. The van der Waals surface area contributed by atoms with Gasteiger partial charge in [-0.15, -0.1) is 0 Å². The number of ether oxygens (including phenoxy) is 1. The number of hydrogen-bond acceptors (Lipinski definition) is 8. The van der Waals surface area contributed by atoms with E-state index in [4.69, 9.17) is 8.92 Å². The lowest BCUT2D eigenvalue weighted by Crippen LogP contribution is -2.32. The molecule has 1 N–H and O–H groups in total. The van der Waals surface area contributed by atoms with Gasteiger partial charge in [0.25, 0.3) is 11.1 Å². The molecule has 1 fully saturated rings. The van der Waals surface area contributed by atoms with Crippen molar-refractivity contribution in [2.45, 2.75) is 25.7 Å². The summed E-state index contributed by atoms with van der Waals surface area (Å²) in [5.41, 5.74) is 2.94. The Morgan fingerprint density at radius 1 is 1.03 bits per heavy atom. The number of benzene rings is 3. The molecule has 1 heterocycles. The molecule has 0 aromatic heterocycles. The largest absolute Gasteiger partial charge is 0.491 e. The molecule has 11 heteroatoms. The van der Waals surface area contributed by atoms with Crippen molar-refractivity contribution < 1.29 is 31.7 Å². The van der Waals surface area contributed by atoms with Gasteiger partial charge in [-0.1, -0.05) is 24.3 Å². The van der Waals surface area contributed by atoms with Crippen LogP contribution in [0.2, 0.25) is 0 Å². The van der Waals surface area contributed by atoms with E-state index in [2.05, 4.69) is 5.32 Å². The minimum absolute atomic E-state index is 0.0378. The third kappa shape index (κ3) is 7.06. The van der Waals surface area contributed by atoms with Crippen LogP contribution in [0.3, 0.4) is 0 Å². The van der Waals surface area contributed by atoms with E-state index in [0.717, 1.165) is 27.8 Å². The van der Waals surface area contributed by atoms with Crippen LogP contribution in [0.25, 0.3) is 6.08 Å². The summed E-state index contributed by atoms with van der Waals surface area (Å²) in [6, 6.07) is 17.6. The Kier molecular flexibility index (Phi) is 8.41. The highest BCUT2D eigenvalue weighted by Gasteiger charge is 2.34. The van der Waals surface area contributed by atoms with Crippen molar-refractivity contribution in [1.29, 1.82) is 0 Å². The number of hydrogen-bond donors (Lipinski definition) is 1. The first-order valence-corrected chi connectivity index (χ1v) is 14.1. The van der Waals surface area contributed by atoms with Gasteiger partial charge in [-0.05, 0) is 90.8 Å². The fourth-order valence-electron chi connectivity index (χ4n) is 3.69. The van der Waals surface area contributed by atoms with E-state index in [1.54, 1.807) is 12.1 Å². The zero-order chi connectivity index (χ0) is 28.2. The molecule has 0 saturated carbocycles. The first kappa shape index (κ1) is 27.9. The molecule has 1 saturated heterocycles. The Morgan fingerprint density at radius 3 is 2.49 bits per heavy atom. The second-order valence-corrected chi connectivity index (χ2v) is 11.3. The van der Waals surface area contributed by atoms with Crippen LogP contribution in [0, 0.1) is 13.8 Å². The number of rotatable bonds is 9. The van der Waals surface area contributed by atoms with E-state index >= 15 is 0 Å². The summed E-state index contributed by atoms with van der Waals surface area (Å²) in [7, 11) is -4.15. The van der Waals surface area contributed by atoms with Gasteiger partial charge in [0.1, 0.15) is 23.0 Å². The fraction of sp³-hybridized carbons (Fsp3) is 0.179. The van der Waals surface area contributed by atoms with Gasteiger partial charge in [-0.25, -0.2) is 0 Å². The van der Waals surface area contributed by atoms with Crippen molar-refractivity contribution in [3.63, 3.8) is 0 Å². The van der Waals surface area contributed by atoms with Gasteiger partial charge in [-0.3, -0.25) is 19.3 Å². The number of thioether (sulfide) groups is 1. The molecular weight excluding hydrogens is 540 g/mol. The summed E-state index contributed by atoms with van der Waals surface area (Å²) >= 11 is 0.804. The van der Waals surface area contributed by atoms with Gasteiger partial charge in [-0.2, -0.15) is 8.42 Å². The maximum Gasteiger partial charge on any atom is 0.339 e. The maximum atomic E-state index is 12.9. The Hall–Kier alpha value is -4.09. The van der Waals surface area contributed by atoms with Crippen LogP contribution in [0.15, 0.2) is 76.5 Å². The first-order chi connectivity index (χ1) is 18.5. The molecule has 3 aromatic rings. The summed E-state index contributed by atoms with van der Waals surface area (Å²) in [6.45, 7) is 5.48. The summed E-state index contributed by atoms with van der Waals surface area (Å²) in [6.07, 6.45) is 1.51. The highest BCUT2D eigenvalue weighted by Crippen LogP contribution is 2.33. The van der Waals surface area contributed by atoms with E-state index < -0.39 is 21.3 Å². The number of aryl methyl sites for hydroxylation is 2. The average Bonchev–Trinajstić information content (AvgIpc) is 3.13. The molecule has 3 amide bonds. The molecule has 0 radical (unpaired) electrons. The molecule has 202 valence electrons. The molecule has 1 aliphatic heterocycles. The van der Waals surface area contributed by atoms with Crippen LogP contribution >= 0.6 is 11.8 Å². The molecule has 0 bridgehead atoms. The normalized spacial score (nSPS) is 14.5. The van der Waals surface area contributed by atoms with Crippen molar-refractivity contribution >= 4 is 50.7 Å². The SMILES string of the molecule is CC(=O)Nc1ccc(S(=O)(=O)Oc2cccc(/C=C3\SC(=O)N(CCOc4cc(C)ccc4C)C3=O)c2)cc1. The highest BCUT2D eigenvalue weighted by atomic mass is 32.2. The van der Waals surface area contributed by atoms with Crippen LogP contribution in [0.5, 0.6) is 11.5 Å². The Labute approximate surface area is 230 Å². The van der Waals surface area contributed by atoms with Crippen LogP contribution in [-0.4, -0.2) is 43.5 Å². The minimum atomic E-state index is -4.15. The van der Waals surface area contributed by atoms with Gasteiger partial charge in [0, 0.05) is 12.6 Å². The van der Waals surface area contributed by atoms with E-state index in [0.29, 0.717) is 17.0 Å². The molecule has 1 aliphatic rings. The number of carbonyl (C=O) groups is 3. The monoisotopic (exact) mass is 566 g/mol. The zero-order valence-corrected chi connectivity index (χ0v) is 23.1. The number of imide groups is 1. The summed E-state index contributed by atoms with van der Waals surface area (Å²) in [5, 5.41) is 2.15. The molecule has 3 aromatic carbocycles. The smallest absolute Gasteiger partial charge is 0.339 e. The minimum Gasteiger partial charge on any atom is -0.491 e. The molecule has 0 spiro atoms. The van der Waals surface area contributed by atoms with E-state index in [1.807, 2.05) is 32.0 Å². The van der Waals surface area contributed by atoms with Crippen LogP contribution in [0.4, 0.5) is 10.5 Å². The van der Waals surface area contributed by atoms with E-state index in [1.165, 1.54) is 49.4 Å². The van der Waals surface area contributed by atoms with Crippen LogP contribution in [-0.2, 0) is 19.7 Å². The quantitative estimate of drug-likeness (QED) is 0.279. The Morgan fingerprint density at radius 2 is 1.77 bits per heavy atom. The second-order valence-electron chi connectivity index (χ2n) is 8.77. The predicted octanol–water partition coefficient (Wildman–Crippen LogP) is 5.14. The lowest BCUT2D eigenvalue weighted by Gasteiger charge is -2.14. The topological polar surface area (TPSA) is 119 Å².